The predicted octanol–water partition coefficient (Wildman–Crippen LogP) is 5.82. The van der Waals surface area contributed by atoms with Crippen molar-refractivity contribution in [3.05, 3.63) is 70.2 Å². The molecule has 1 N–H and O–H groups in total. The van der Waals surface area contributed by atoms with Crippen molar-refractivity contribution in [1.82, 2.24) is 10.3 Å². The molecule has 42 heavy (non-hydrogen) atoms. The van der Waals surface area contributed by atoms with Crippen LogP contribution in [0, 0.1) is 5.92 Å². The first-order chi connectivity index (χ1) is 20.2. The molecule has 5 rings (SSSR count). The number of hydrogen-bond donors (Lipinski definition) is 1. The highest BCUT2D eigenvalue weighted by Crippen LogP contribution is 2.38. The lowest BCUT2D eigenvalue weighted by atomic mass is 9.93. The normalized spacial score (nSPS) is 18.8. The molecule has 2 atom stereocenters. The summed E-state index contributed by atoms with van der Waals surface area (Å²) in [4.78, 5) is 20.0. The number of nitrogens with one attached hydrogen (secondary N) is 1. The van der Waals surface area contributed by atoms with Crippen LogP contribution in [-0.4, -0.2) is 56.5 Å². The van der Waals surface area contributed by atoms with Crippen LogP contribution in [0.15, 0.2) is 48.5 Å². The predicted molar refractivity (Wildman–Crippen MR) is 164 cm³/mol. The third kappa shape index (κ3) is 6.83. The Hall–Kier alpha value is -3.33. The maximum atomic E-state index is 12.8. The average Bonchev–Trinajstić information content (AvgIpc) is 2.98. The van der Waals surface area contributed by atoms with E-state index >= 15 is 0 Å². The average molecular weight is 594 g/mol. The van der Waals surface area contributed by atoms with Crippen molar-refractivity contribution in [3.63, 3.8) is 0 Å². The monoisotopic (exact) mass is 593 g/mol. The summed E-state index contributed by atoms with van der Waals surface area (Å²) in [5.74, 6) is 1.72. The fourth-order valence-corrected chi connectivity index (χ4v) is 5.89. The van der Waals surface area contributed by atoms with E-state index in [1.54, 1.807) is 14.2 Å². The molecule has 0 radical (unpaired) electrons. The molecule has 0 amide bonds. The van der Waals surface area contributed by atoms with Gasteiger partial charge in [-0.3, -0.25) is 4.79 Å². The summed E-state index contributed by atoms with van der Waals surface area (Å²) >= 11 is 6.68. The number of piperidine rings is 1. The molecule has 0 saturated carbocycles. The van der Waals surface area contributed by atoms with Crippen LogP contribution >= 0.6 is 11.6 Å². The summed E-state index contributed by atoms with van der Waals surface area (Å²) in [6, 6.07) is 15.8. The van der Waals surface area contributed by atoms with Crippen LogP contribution in [0.25, 0.3) is 11.3 Å². The van der Waals surface area contributed by atoms with E-state index in [1.807, 2.05) is 63.2 Å². The number of carbonyl (C=O) groups is 1. The summed E-state index contributed by atoms with van der Waals surface area (Å²) in [5.41, 5.74) is 4.54. The largest absolute Gasteiger partial charge is 0.496 e. The van der Waals surface area contributed by atoms with E-state index in [2.05, 4.69) is 16.3 Å². The fraction of sp³-hybridized carbons (Fsp3) is 0.455. The van der Waals surface area contributed by atoms with Gasteiger partial charge >= 0.3 is 5.97 Å². The molecule has 1 saturated heterocycles. The maximum Gasteiger partial charge on any atom is 0.312 e. The molecule has 9 heteroatoms. The van der Waals surface area contributed by atoms with Crippen molar-refractivity contribution in [2.45, 2.75) is 58.5 Å². The van der Waals surface area contributed by atoms with Crippen molar-refractivity contribution in [2.75, 3.05) is 38.8 Å². The molecular weight excluding hydrogens is 554 g/mol. The lowest BCUT2D eigenvalue weighted by Crippen LogP contribution is -2.49. The third-order valence-corrected chi connectivity index (χ3v) is 8.01. The highest BCUT2D eigenvalue weighted by molar-refractivity contribution is 6.32. The summed E-state index contributed by atoms with van der Waals surface area (Å²) in [5, 5.41) is 3.93. The number of ether oxygens (including phenoxy) is 4. The van der Waals surface area contributed by atoms with Crippen molar-refractivity contribution in [1.29, 1.82) is 0 Å². The zero-order valence-electron chi connectivity index (χ0n) is 25.0. The minimum atomic E-state index is -0.539. The zero-order chi connectivity index (χ0) is 29.9. The lowest BCUT2D eigenvalue weighted by Gasteiger charge is -2.38. The molecule has 3 aromatic rings. The highest BCUT2D eigenvalue weighted by atomic mass is 35.5. The van der Waals surface area contributed by atoms with Crippen molar-refractivity contribution < 1.29 is 23.7 Å². The number of esters is 1. The number of hydrogen-bond acceptors (Lipinski definition) is 8. The number of fused-ring (bicyclic) bond motifs is 1. The Kier molecular flexibility index (Phi) is 9.25. The molecule has 0 unspecified atom stereocenters. The number of aromatic nitrogens is 1. The van der Waals surface area contributed by atoms with Gasteiger partial charge in [-0.25, -0.2) is 4.98 Å². The number of pyridine rings is 1. The molecule has 224 valence electrons. The Balaban J connectivity index is 1.35. The van der Waals surface area contributed by atoms with Crippen LogP contribution < -0.4 is 19.7 Å². The maximum absolute atomic E-state index is 12.8. The van der Waals surface area contributed by atoms with Gasteiger partial charge in [0.25, 0.3) is 0 Å². The van der Waals surface area contributed by atoms with E-state index < -0.39 is 5.60 Å². The van der Waals surface area contributed by atoms with E-state index in [1.165, 1.54) is 11.1 Å². The van der Waals surface area contributed by atoms with Crippen molar-refractivity contribution in [3.8, 4) is 22.8 Å². The molecule has 0 aliphatic carbocycles. The number of carbonyl (C=O) groups excluding carboxylic acids is 1. The van der Waals surface area contributed by atoms with Gasteiger partial charge < -0.3 is 29.2 Å². The first-order valence-corrected chi connectivity index (χ1v) is 14.8. The van der Waals surface area contributed by atoms with Crippen LogP contribution in [0.4, 0.5) is 5.82 Å². The van der Waals surface area contributed by atoms with Gasteiger partial charge in [0.15, 0.2) is 0 Å². The van der Waals surface area contributed by atoms with Crippen molar-refractivity contribution in [2.24, 2.45) is 5.92 Å². The topological polar surface area (TPSA) is 82.2 Å². The van der Waals surface area contributed by atoms with E-state index in [0.717, 1.165) is 47.9 Å². The quantitative estimate of drug-likeness (QED) is 0.327. The number of rotatable bonds is 8. The number of benzene rings is 2. The van der Waals surface area contributed by atoms with Gasteiger partial charge in [-0.1, -0.05) is 29.8 Å². The van der Waals surface area contributed by atoms with E-state index in [4.69, 9.17) is 35.5 Å². The van der Waals surface area contributed by atoms with Gasteiger partial charge in [-0.2, -0.15) is 0 Å². The Labute approximate surface area is 253 Å². The molecule has 8 nitrogen and oxygen atoms in total. The van der Waals surface area contributed by atoms with Gasteiger partial charge in [-0.05, 0) is 81.6 Å². The SMILES string of the molecule is COc1cc(COc2c(Cl)cccc2-c2cccc(N3CC[C@H](C(=O)OC(C)(C)C)[C@H](OC)C3)n2)cc2c1CNCC2. The molecule has 0 bridgehead atoms. The van der Waals surface area contributed by atoms with E-state index in [0.29, 0.717) is 36.9 Å². The van der Waals surface area contributed by atoms with Gasteiger partial charge in [0, 0.05) is 37.9 Å². The third-order valence-electron chi connectivity index (χ3n) is 7.71. The zero-order valence-corrected chi connectivity index (χ0v) is 25.8. The Morgan fingerprint density at radius 2 is 1.95 bits per heavy atom. The number of nitrogens with zero attached hydrogens (tertiary/aromatic N) is 2. The second-order valence-electron chi connectivity index (χ2n) is 11.8. The number of anilines is 1. The number of halogens is 1. The van der Waals surface area contributed by atoms with Gasteiger partial charge in [0.05, 0.1) is 29.8 Å². The van der Waals surface area contributed by atoms with Crippen LogP contribution in [0.1, 0.15) is 43.9 Å². The van der Waals surface area contributed by atoms with Crippen LogP contribution in [0.3, 0.4) is 0 Å². The van der Waals surface area contributed by atoms with Gasteiger partial charge in [0.2, 0.25) is 0 Å². The molecule has 1 aromatic heterocycles. The summed E-state index contributed by atoms with van der Waals surface area (Å²) in [6.07, 6.45) is 1.27. The van der Waals surface area contributed by atoms with Crippen molar-refractivity contribution >= 4 is 23.4 Å². The molecule has 2 aromatic carbocycles. The van der Waals surface area contributed by atoms with E-state index in [9.17, 15) is 4.79 Å². The molecule has 1 fully saturated rings. The van der Waals surface area contributed by atoms with Gasteiger partial charge in [-0.15, -0.1) is 0 Å². The van der Waals surface area contributed by atoms with Gasteiger partial charge in [0.1, 0.15) is 29.5 Å². The second-order valence-corrected chi connectivity index (χ2v) is 12.2. The first-order valence-electron chi connectivity index (χ1n) is 14.5. The highest BCUT2D eigenvalue weighted by Gasteiger charge is 2.37. The fourth-order valence-electron chi connectivity index (χ4n) is 5.66. The summed E-state index contributed by atoms with van der Waals surface area (Å²) < 4.78 is 23.5. The molecule has 0 spiro atoms. The summed E-state index contributed by atoms with van der Waals surface area (Å²) in [7, 11) is 3.34. The standard InChI is InChI=1S/C33H40ClN3O5/c1-33(2,3)42-32(38)24-13-15-37(19-29(24)40-5)30-11-7-10-27(36-30)23-8-6-9-26(34)31(23)41-20-21-16-22-12-14-35-18-25(22)28(17-21)39-4/h6-11,16-17,24,29,35H,12-15,18-20H2,1-5H3/t24-,29+/m0/s1. The second kappa shape index (κ2) is 12.9. The molecule has 2 aliphatic heterocycles. The molecular formula is C33H40ClN3O5. The number of para-hydroxylation sites is 1. The Bertz CT molecular complexity index is 1410. The minimum absolute atomic E-state index is 0.218. The molecule has 2 aliphatic rings. The minimum Gasteiger partial charge on any atom is -0.496 e. The van der Waals surface area contributed by atoms with E-state index in [-0.39, 0.29) is 18.0 Å². The number of methoxy groups -OCH3 is 2. The van der Waals surface area contributed by atoms with Crippen LogP contribution in [-0.2, 0) is 33.8 Å². The lowest BCUT2D eigenvalue weighted by molar-refractivity contribution is -0.165. The van der Waals surface area contributed by atoms with Crippen LogP contribution in [0.2, 0.25) is 5.02 Å². The summed E-state index contributed by atoms with van der Waals surface area (Å²) in [6.45, 7) is 8.94. The molecule has 3 heterocycles. The smallest absolute Gasteiger partial charge is 0.312 e. The Morgan fingerprint density at radius 3 is 2.71 bits per heavy atom. The Morgan fingerprint density at radius 1 is 1.14 bits per heavy atom. The van der Waals surface area contributed by atoms with Crippen LogP contribution in [0.5, 0.6) is 11.5 Å². The first kappa shape index (κ1) is 30.1.